The summed E-state index contributed by atoms with van der Waals surface area (Å²) in [5.41, 5.74) is 2.57. The van der Waals surface area contributed by atoms with Crippen LogP contribution in [0.15, 0.2) is 42.7 Å². The molecule has 0 spiro atoms. The molecule has 0 bridgehead atoms. The number of esters is 1. The number of pyridine rings is 1. The van der Waals surface area contributed by atoms with Crippen molar-refractivity contribution in [2.45, 2.75) is 38.3 Å². The predicted molar refractivity (Wildman–Crippen MR) is 156 cm³/mol. The van der Waals surface area contributed by atoms with Crippen molar-refractivity contribution in [2.24, 2.45) is 5.92 Å². The molecule has 0 unspecified atom stereocenters. The molecular weight excluding hydrogens is 551 g/mol. The van der Waals surface area contributed by atoms with Crippen molar-refractivity contribution in [3.63, 3.8) is 0 Å². The van der Waals surface area contributed by atoms with Crippen LogP contribution in [0.3, 0.4) is 0 Å². The Labute approximate surface area is 244 Å². The van der Waals surface area contributed by atoms with Crippen LogP contribution in [0.4, 0.5) is 5.95 Å². The van der Waals surface area contributed by atoms with E-state index in [4.69, 9.17) is 37.7 Å². The van der Waals surface area contributed by atoms with E-state index in [0.29, 0.717) is 51.7 Å². The Morgan fingerprint density at radius 1 is 1.02 bits per heavy atom. The molecule has 2 saturated heterocycles. The van der Waals surface area contributed by atoms with Gasteiger partial charge in [-0.15, -0.1) is 0 Å². The van der Waals surface area contributed by atoms with Gasteiger partial charge in [-0.2, -0.15) is 0 Å². The minimum Gasteiger partial charge on any atom is -0.469 e. The van der Waals surface area contributed by atoms with Gasteiger partial charge in [0.25, 0.3) is 0 Å². The SMILES string of the molecule is CN[C@H]1CCN(c2ncc(Oc3cc(CN4CCC(CC(=O)OC)CC4)cc(-c4cc(Cl)cc(Cl)c4)n3)cn2)C1. The fourth-order valence-corrected chi connectivity index (χ4v) is 5.83. The normalized spacial score (nSPS) is 18.2. The molecule has 40 heavy (non-hydrogen) atoms. The lowest BCUT2D eigenvalue weighted by molar-refractivity contribution is -0.142. The molecule has 2 aliphatic heterocycles. The summed E-state index contributed by atoms with van der Waals surface area (Å²) in [6.45, 7) is 4.33. The summed E-state index contributed by atoms with van der Waals surface area (Å²) in [4.78, 5) is 30.1. The number of hydrogen-bond acceptors (Lipinski definition) is 9. The number of rotatable bonds is 9. The van der Waals surface area contributed by atoms with Crippen LogP contribution < -0.4 is 15.0 Å². The average molecular weight is 586 g/mol. The number of carbonyl (C=O) groups excluding carboxylic acids is 1. The summed E-state index contributed by atoms with van der Waals surface area (Å²) < 4.78 is 11.0. The smallest absolute Gasteiger partial charge is 0.305 e. The van der Waals surface area contributed by atoms with Crippen molar-refractivity contribution in [1.29, 1.82) is 0 Å². The summed E-state index contributed by atoms with van der Waals surface area (Å²) in [5, 5.41) is 4.39. The first-order valence-corrected chi connectivity index (χ1v) is 14.3. The van der Waals surface area contributed by atoms with E-state index in [-0.39, 0.29) is 5.97 Å². The highest BCUT2D eigenvalue weighted by molar-refractivity contribution is 6.35. The van der Waals surface area contributed by atoms with Gasteiger partial charge in [0.2, 0.25) is 11.8 Å². The van der Waals surface area contributed by atoms with Crippen molar-refractivity contribution in [2.75, 3.05) is 45.2 Å². The van der Waals surface area contributed by atoms with Crippen molar-refractivity contribution in [3.8, 4) is 22.9 Å². The third-order valence-corrected chi connectivity index (χ3v) is 7.97. The highest BCUT2D eigenvalue weighted by atomic mass is 35.5. The monoisotopic (exact) mass is 584 g/mol. The molecule has 2 aliphatic rings. The molecule has 4 heterocycles. The van der Waals surface area contributed by atoms with Crippen molar-refractivity contribution in [1.82, 2.24) is 25.2 Å². The molecule has 9 nitrogen and oxygen atoms in total. The summed E-state index contributed by atoms with van der Waals surface area (Å²) >= 11 is 12.6. The van der Waals surface area contributed by atoms with Crippen molar-refractivity contribution >= 4 is 35.1 Å². The minimum absolute atomic E-state index is 0.140. The number of aromatic nitrogens is 3. The molecule has 2 fully saturated rings. The number of likely N-dealkylation sites (tertiary alicyclic amines) is 1. The van der Waals surface area contributed by atoms with E-state index < -0.39 is 0 Å². The van der Waals surface area contributed by atoms with Gasteiger partial charge in [-0.05, 0) is 75.1 Å². The topological polar surface area (TPSA) is 92.7 Å². The molecule has 3 aromatic rings. The largest absolute Gasteiger partial charge is 0.469 e. The zero-order valence-corrected chi connectivity index (χ0v) is 24.3. The van der Waals surface area contributed by atoms with Gasteiger partial charge in [0, 0.05) is 53.8 Å². The molecule has 1 aromatic carbocycles. The molecule has 5 rings (SSSR count). The second-order valence-corrected chi connectivity index (χ2v) is 11.3. The number of benzene rings is 1. The van der Waals surface area contributed by atoms with Gasteiger partial charge in [-0.1, -0.05) is 23.2 Å². The third kappa shape index (κ3) is 7.40. The van der Waals surface area contributed by atoms with Gasteiger partial charge < -0.3 is 19.7 Å². The number of anilines is 1. The van der Waals surface area contributed by atoms with E-state index in [9.17, 15) is 4.79 Å². The van der Waals surface area contributed by atoms with Gasteiger partial charge in [0.05, 0.1) is 25.2 Å². The van der Waals surface area contributed by atoms with E-state index in [1.807, 2.05) is 31.3 Å². The molecule has 1 N–H and O–H groups in total. The van der Waals surface area contributed by atoms with Crippen LogP contribution >= 0.6 is 23.2 Å². The lowest BCUT2D eigenvalue weighted by atomic mass is 9.93. The predicted octanol–water partition coefficient (Wildman–Crippen LogP) is 5.21. The number of piperidine rings is 1. The second kappa shape index (κ2) is 13.1. The number of nitrogens with one attached hydrogen (secondary N) is 1. The van der Waals surface area contributed by atoms with Gasteiger partial charge in [-0.3, -0.25) is 9.69 Å². The summed E-state index contributed by atoms with van der Waals surface area (Å²) in [7, 11) is 3.42. The Balaban J connectivity index is 1.33. The quantitative estimate of drug-likeness (QED) is 0.340. The molecule has 11 heteroatoms. The molecule has 0 aliphatic carbocycles. The number of ether oxygens (including phenoxy) is 2. The van der Waals surface area contributed by atoms with Crippen LogP contribution in [0.25, 0.3) is 11.3 Å². The molecule has 0 amide bonds. The van der Waals surface area contributed by atoms with Crippen LogP contribution in [-0.4, -0.2) is 72.2 Å². The Morgan fingerprint density at radius 3 is 2.40 bits per heavy atom. The maximum absolute atomic E-state index is 11.7. The Kier molecular flexibility index (Phi) is 9.36. The summed E-state index contributed by atoms with van der Waals surface area (Å²) in [6.07, 6.45) is 6.82. The number of hydrogen-bond donors (Lipinski definition) is 1. The fraction of sp³-hybridized carbons (Fsp3) is 0.448. The van der Waals surface area contributed by atoms with E-state index >= 15 is 0 Å². The van der Waals surface area contributed by atoms with Gasteiger partial charge >= 0.3 is 5.97 Å². The maximum Gasteiger partial charge on any atom is 0.305 e. The van der Waals surface area contributed by atoms with E-state index in [0.717, 1.165) is 63.1 Å². The standard InChI is InChI=1S/C29H34Cl2N6O3/c1-32-24-5-8-37(18-24)29-33-15-25(16-34-29)40-27-10-20(9-26(35-27)21-12-22(30)14-23(31)13-21)17-36-6-3-19(4-7-36)11-28(38)39-2/h9-10,12-16,19,24,32H,3-8,11,17-18H2,1-2H3/t24-/m0/s1. The fourth-order valence-electron chi connectivity index (χ4n) is 5.30. The third-order valence-electron chi connectivity index (χ3n) is 7.53. The molecule has 1 atom stereocenters. The van der Waals surface area contributed by atoms with Crippen LogP contribution in [0.1, 0.15) is 31.2 Å². The maximum atomic E-state index is 11.7. The molecule has 0 radical (unpaired) electrons. The highest BCUT2D eigenvalue weighted by Gasteiger charge is 2.24. The van der Waals surface area contributed by atoms with Crippen LogP contribution in [0.5, 0.6) is 11.6 Å². The molecule has 212 valence electrons. The number of halogens is 2. The molecule has 2 aromatic heterocycles. The number of methoxy groups -OCH3 is 1. The van der Waals surface area contributed by atoms with E-state index in [2.05, 4.69) is 25.1 Å². The Bertz CT molecular complexity index is 1300. The Hall–Kier alpha value is -2.98. The molecule has 0 saturated carbocycles. The first-order valence-electron chi connectivity index (χ1n) is 13.6. The number of nitrogens with zero attached hydrogens (tertiary/aromatic N) is 5. The van der Waals surface area contributed by atoms with Gasteiger partial charge in [0.1, 0.15) is 0 Å². The van der Waals surface area contributed by atoms with Gasteiger partial charge in [-0.25, -0.2) is 15.0 Å². The van der Waals surface area contributed by atoms with Crippen LogP contribution in [-0.2, 0) is 16.1 Å². The minimum atomic E-state index is -0.140. The zero-order valence-electron chi connectivity index (χ0n) is 22.8. The second-order valence-electron chi connectivity index (χ2n) is 10.4. The highest BCUT2D eigenvalue weighted by Crippen LogP contribution is 2.31. The lowest BCUT2D eigenvalue weighted by Gasteiger charge is -2.31. The summed E-state index contributed by atoms with van der Waals surface area (Å²) in [6, 6.07) is 9.82. The average Bonchev–Trinajstić information content (AvgIpc) is 3.43. The first-order chi connectivity index (χ1) is 19.4. The first kappa shape index (κ1) is 28.5. The van der Waals surface area contributed by atoms with Crippen LogP contribution in [0.2, 0.25) is 10.0 Å². The Morgan fingerprint density at radius 2 is 1.75 bits per heavy atom. The zero-order chi connectivity index (χ0) is 28.1. The number of likely N-dealkylation sites (N-methyl/N-ethyl adjacent to an activating group) is 1. The van der Waals surface area contributed by atoms with Crippen molar-refractivity contribution < 1.29 is 14.3 Å². The van der Waals surface area contributed by atoms with Gasteiger partial charge in [0.15, 0.2) is 5.75 Å². The lowest BCUT2D eigenvalue weighted by Crippen LogP contribution is -2.34. The van der Waals surface area contributed by atoms with Crippen LogP contribution in [0, 0.1) is 5.92 Å². The molecular formula is C29H34Cl2N6O3. The van der Waals surface area contributed by atoms with E-state index in [1.165, 1.54) is 7.11 Å². The number of carbonyl (C=O) groups is 1. The van der Waals surface area contributed by atoms with E-state index in [1.54, 1.807) is 18.5 Å². The summed E-state index contributed by atoms with van der Waals surface area (Å²) in [5.74, 6) is 1.86. The van der Waals surface area contributed by atoms with Crippen molar-refractivity contribution in [3.05, 3.63) is 58.3 Å².